The molecule has 0 spiro atoms. The van der Waals surface area contributed by atoms with Crippen LogP contribution in [-0.4, -0.2) is 36.7 Å². The van der Waals surface area contributed by atoms with Crippen molar-refractivity contribution in [2.24, 2.45) is 0 Å². The molecule has 0 heterocycles. The van der Waals surface area contributed by atoms with Crippen LogP contribution < -0.4 is 10.1 Å². The Morgan fingerprint density at radius 3 is 2.72 bits per heavy atom. The van der Waals surface area contributed by atoms with Gasteiger partial charge in [-0.25, -0.2) is 8.78 Å². The predicted octanol–water partition coefficient (Wildman–Crippen LogP) is 2.65. The first-order valence-electron chi connectivity index (χ1n) is 5.52. The fourth-order valence-electron chi connectivity index (χ4n) is 1.37. The summed E-state index contributed by atoms with van der Waals surface area (Å²) < 4.78 is 28.8. The van der Waals surface area contributed by atoms with Crippen molar-refractivity contribution >= 4 is 17.3 Å². The summed E-state index contributed by atoms with van der Waals surface area (Å²) in [5, 5.41) is 12.3. The summed E-state index contributed by atoms with van der Waals surface area (Å²) in [6.45, 7) is 1.55. The van der Waals surface area contributed by atoms with Crippen molar-refractivity contribution in [2.75, 3.05) is 24.3 Å². The fourth-order valence-corrected chi connectivity index (χ4v) is 1.47. The molecule has 1 aromatic rings. The Balaban J connectivity index is 2.56. The van der Waals surface area contributed by atoms with Crippen LogP contribution in [0, 0.1) is 6.92 Å². The summed E-state index contributed by atoms with van der Waals surface area (Å²) >= 11 is 5.47. The molecular formula is C12H16ClF2NO2. The molecule has 0 aliphatic heterocycles. The number of rotatable bonds is 7. The summed E-state index contributed by atoms with van der Waals surface area (Å²) in [7, 11) is 0. The largest absolute Gasteiger partial charge is 0.488 e. The zero-order chi connectivity index (χ0) is 13.5. The van der Waals surface area contributed by atoms with Gasteiger partial charge in [0.05, 0.1) is 12.0 Å². The van der Waals surface area contributed by atoms with E-state index in [1.165, 1.54) is 0 Å². The number of aliphatic hydroxyl groups excluding tert-OH is 1. The number of aryl methyl sites for hydroxylation is 1. The molecule has 0 aromatic heterocycles. The third-order valence-corrected chi connectivity index (χ3v) is 2.64. The maximum absolute atomic E-state index is 12.0. The van der Waals surface area contributed by atoms with E-state index in [9.17, 15) is 13.9 Å². The van der Waals surface area contributed by atoms with Crippen LogP contribution in [-0.2, 0) is 0 Å². The molecule has 1 rings (SSSR count). The zero-order valence-electron chi connectivity index (χ0n) is 10.00. The van der Waals surface area contributed by atoms with E-state index < -0.39 is 19.1 Å². The second-order valence-corrected chi connectivity index (χ2v) is 4.18. The average Bonchev–Trinajstić information content (AvgIpc) is 2.34. The molecule has 0 saturated carbocycles. The molecule has 0 radical (unpaired) electrons. The van der Waals surface area contributed by atoms with Crippen molar-refractivity contribution in [3.8, 4) is 5.75 Å². The van der Waals surface area contributed by atoms with Crippen molar-refractivity contribution in [2.45, 2.75) is 19.5 Å². The summed E-state index contributed by atoms with van der Waals surface area (Å²) in [6, 6.07) is 4.99. The molecule has 1 unspecified atom stereocenters. The molecule has 0 saturated heterocycles. The van der Waals surface area contributed by atoms with Crippen molar-refractivity contribution in [1.82, 2.24) is 0 Å². The summed E-state index contributed by atoms with van der Waals surface area (Å²) in [6.07, 6.45) is -3.11. The lowest BCUT2D eigenvalue weighted by atomic mass is 10.2. The molecule has 1 atom stereocenters. The van der Waals surface area contributed by atoms with Gasteiger partial charge < -0.3 is 15.2 Å². The second-order valence-electron chi connectivity index (χ2n) is 3.87. The maximum Gasteiger partial charge on any atom is 0.272 e. The third kappa shape index (κ3) is 5.06. The molecule has 0 aliphatic carbocycles. The number of hydrogen-bond donors (Lipinski definition) is 2. The summed E-state index contributed by atoms with van der Waals surface area (Å²) in [5.74, 6) is 0.554. The SMILES string of the molecule is Cc1cc(OCC(F)F)ccc1NCC(O)CCl. The predicted molar refractivity (Wildman–Crippen MR) is 67.9 cm³/mol. The van der Waals surface area contributed by atoms with Crippen molar-refractivity contribution in [3.05, 3.63) is 23.8 Å². The Bertz CT molecular complexity index is 377. The Morgan fingerprint density at radius 2 is 2.17 bits per heavy atom. The lowest BCUT2D eigenvalue weighted by Gasteiger charge is -2.13. The zero-order valence-corrected chi connectivity index (χ0v) is 10.8. The smallest absolute Gasteiger partial charge is 0.272 e. The van der Waals surface area contributed by atoms with Crippen LogP contribution in [0.1, 0.15) is 5.56 Å². The van der Waals surface area contributed by atoms with Crippen LogP contribution in [0.4, 0.5) is 14.5 Å². The molecule has 2 N–H and O–H groups in total. The van der Waals surface area contributed by atoms with E-state index in [1.807, 2.05) is 6.92 Å². The molecule has 3 nitrogen and oxygen atoms in total. The topological polar surface area (TPSA) is 41.5 Å². The van der Waals surface area contributed by atoms with Gasteiger partial charge in [-0.15, -0.1) is 11.6 Å². The van der Waals surface area contributed by atoms with Crippen LogP contribution in [0.15, 0.2) is 18.2 Å². The number of alkyl halides is 3. The molecule has 0 aliphatic rings. The van der Waals surface area contributed by atoms with Crippen molar-refractivity contribution in [1.29, 1.82) is 0 Å². The van der Waals surface area contributed by atoms with Gasteiger partial charge in [-0.05, 0) is 30.7 Å². The first-order valence-corrected chi connectivity index (χ1v) is 6.06. The van der Waals surface area contributed by atoms with Crippen LogP contribution in [0.3, 0.4) is 0 Å². The fraction of sp³-hybridized carbons (Fsp3) is 0.500. The lowest BCUT2D eigenvalue weighted by molar-refractivity contribution is 0.0819. The van der Waals surface area contributed by atoms with Gasteiger partial charge in [0.15, 0.2) is 0 Å². The van der Waals surface area contributed by atoms with Crippen LogP contribution >= 0.6 is 11.6 Å². The number of halogens is 3. The van der Waals surface area contributed by atoms with Crippen molar-refractivity contribution < 1.29 is 18.6 Å². The number of nitrogens with one attached hydrogen (secondary N) is 1. The molecule has 0 fully saturated rings. The minimum Gasteiger partial charge on any atom is -0.488 e. The minimum atomic E-state index is -2.48. The number of anilines is 1. The van der Waals surface area contributed by atoms with E-state index in [0.717, 1.165) is 11.3 Å². The summed E-state index contributed by atoms with van der Waals surface area (Å²) in [4.78, 5) is 0. The second kappa shape index (κ2) is 7.38. The van der Waals surface area contributed by atoms with Gasteiger partial charge >= 0.3 is 0 Å². The normalized spacial score (nSPS) is 12.6. The van der Waals surface area contributed by atoms with Crippen LogP contribution in [0.2, 0.25) is 0 Å². The van der Waals surface area contributed by atoms with Crippen LogP contribution in [0.25, 0.3) is 0 Å². The number of hydrogen-bond acceptors (Lipinski definition) is 3. The van der Waals surface area contributed by atoms with Gasteiger partial charge in [0, 0.05) is 12.2 Å². The van der Waals surface area contributed by atoms with E-state index in [0.29, 0.717) is 12.3 Å². The average molecular weight is 280 g/mol. The van der Waals surface area contributed by atoms with E-state index in [-0.39, 0.29) is 5.88 Å². The van der Waals surface area contributed by atoms with E-state index in [4.69, 9.17) is 16.3 Å². The van der Waals surface area contributed by atoms with Crippen LogP contribution in [0.5, 0.6) is 5.75 Å². The van der Waals surface area contributed by atoms with Gasteiger partial charge in [-0.2, -0.15) is 0 Å². The maximum atomic E-state index is 12.0. The van der Waals surface area contributed by atoms with E-state index in [1.54, 1.807) is 18.2 Å². The highest BCUT2D eigenvalue weighted by molar-refractivity contribution is 6.18. The minimum absolute atomic E-state index is 0.154. The highest BCUT2D eigenvalue weighted by Gasteiger charge is 2.06. The molecule has 1 aromatic carbocycles. The molecule has 18 heavy (non-hydrogen) atoms. The quantitative estimate of drug-likeness (QED) is 0.754. The van der Waals surface area contributed by atoms with Crippen molar-refractivity contribution in [3.63, 3.8) is 0 Å². The highest BCUT2D eigenvalue weighted by Crippen LogP contribution is 2.21. The highest BCUT2D eigenvalue weighted by atomic mass is 35.5. The number of aliphatic hydroxyl groups is 1. The molecule has 6 heteroatoms. The Labute approximate surface area is 110 Å². The standard InChI is InChI=1S/C12H16ClF2NO2/c1-8-4-10(18-7-12(14)15)2-3-11(8)16-6-9(17)5-13/h2-4,9,12,16-17H,5-7H2,1H3. The monoisotopic (exact) mass is 279 g/mol. The Morgan fingerprint density at radius 1 is 1.44 bits per heavy atom. The molecule has 102 valence electrons. The molecule has 0 amide bonds. The van der Waals surface area contributed by atoms with Gasteiger partial charge in [-0.3, -0.25) is 0 Å². The van der Waals surface area contributed by atoms with Gasteiger partial charge in [0.2, 0.25) is 0 Å². The third-order valence-electron chi connectivity index (χ3n) is 2.28. The Hall–Kier alpha value is -1.07. The van der Waals surface area contributed by atoms with Gasteiger partial charge in [-0.1, -0.05) is 0 Å². The summed E-state index contributed by atoms with van der Waals surface area (Å²) in [5.41, 5.74) is 1.66. The van der Waals surface area contributed by atoms with Gasteiger partial charge in [0.25, 0.3) is 6.43 Å². The van der Waals surface area contributed by atoms with E-state index in [2.05, 4.69) is 5.32 Å². The number of ether oxygens (including phenoxy) is 1. The first-order chi connectivity index (χ1) is 8.52. The first kappa shape index (κ1) is 15.0. The molecular weight excluding hydrogens is 264 g/mol. The lowest BCUT2D eigenvalue weighted by Crippen LogP contribution is -2.21. The Kier molecular flexibility index (Phi) is 6.15. The molecule has 0 bridgehead atoms. The van der Waals surface area contributed by atoms with Gasteiger partial charge in [0.1, 0.15) is 12.4 Å². The van der Waals surface area contributed by atoms with E-state index >= 15 is 0 Å². The number of benzene rings is 1.